The maximum atomic E-state index is 11.5. The summed E-state index contributed by atoms with van der Waals surface area (Å²) in [6, 6.07) is 5.78. The van der Waals surface area contributed by atoms with Crippen molar-refractivity contribution in [1.29, 1.82) is 0 Å². The number of hydrogen-bond acceptors (Lipinski definition) is 4. The maximum Gasteiger partial charge on any atom is 0.338 e. The topological polar surface area (TPSA) is 75.6 Å². The van der Waals surface area contributed by atoms with Gasteiger partial charge in [-0.3, -0.25) is 4.79 Å². The summed E-state index contributed by atoms with van der Waals surface area (Å²) < 4.78 is 4.82. The van der Waals surface area contributed by atoms with Gasteiger partial charge in [-0.1, -0.05) is 19.9 Å². The molecule has 0 atom stereocenters. The molecule has 0 saturated carbocycles. The molecule has 0 aliphatic carbocycles. The van der Waals surface area contributed by atoms with Crippen LogP contribution in [0.25, 0.3) is 0 Å². The first-order valence-electron chi connectivity index (χ1n) is 5.72. The Morgan fingerprint density at radius 3 is 2.72 bits per heavy atom. The molecule has 5 heteroatoms. The summed E-state index contributed by atoms with van der Waals surface area (Å²) in [5.74, 6) is -0.646. The third-order valence-electron chi connectivity index (χ3n) is 2.12. The van der Waals surface area contributed by atoms with Gasteiger partial charge in [-0.2, -0.15) is 0 Å². The van der Waals surface area contributed by atoms with Gasteiger partial charge >= 0.3 is 5.97 Å². The number of carbonyl (C=O) groups is 2. The zero-order valence-electron chi connectivity index (χ0n) is 10.5. The SMILES string of the molecule is CC(C)CNC(=O)COC(=O)c1cccc(O)c1. The minimum absolute atomic E-state index is 0.0197. The molecular weight excluding hydrogens is 234 g/mol. The summed E-state index contributed by atoms with van der Waals surface area (Å²) in [5, 5.41) is 11.8. The Morgan fingerprint density at radius 2 is 2.11 bits per heavy atom. The first-order chi connectivity index (χ1) is 8.49. The summed E-state index contributed by atoms with van der Waals surface area (Å²) >= 11 is 0. The number of esters is 1. The van der Waals surface area contributed by atoms with E-state index in [-0.39, 0.29) is 23.8 Å². The maximum absolute atomic E-state index is 11.5. The first-order valence-corrected chi connectivity index (χ1v) is 5.72. The van der Waals surface area contributed by atoms with Crippen LogP contribution in [0.15, 0.2) is 24.3 Å². The third kappa shape index (κ3) is 4.86. The predicted octanol–water partition coefficient (Wildman–Crippen LogP) is 1.32. The van der Waals surface area contributed by atoms with Crippen LogP contribution in [0.1, 0.15) is 24.2 Å². The van der Waals surface area contributed by atoms with Crippen molar-refractivity contribution in [1.82, 2.24) is 5.32 Å². The monoisotopic (exact) mass is 251 g/mol. The van der Waals surface area contributed by atoms with Gasteiger partial charge in [0.1, 0.15) is 5.75 Å². The zero-order chi connectivity index (χ0) is 13.5. The molecule has 0 radical (unpaired) electrons. The second-order valence-corrected chi connectivity index (χ2v) is 4.32. The predicted molar refractivity (Wildman–Crippen MR) is 66.2 cm³/mol. The largest absolute Gasteiger partial charge is 0.508 e. The van der Waals surface area contributed by atoms with E-state index in [9.17, 15) is 14.7 Å². The molecule has 0 spiro atoms. The van der Waals surface area contributed by atoms with E-state index in [2.05, 4.69) is 5.32 Å². The molecule has 1 amide bonds. The standard InChI is InChI=1S/C13H17NO4/c1-9(2)7-14-12(16)8-18-13(17)10-4-3-5-11(15)6-10/h3-6,9,15H,7-8H2,1-2H3,(H,14,16). The minimum Gasteiger partial charge on any atom is -0.508 e. The van der Waals surface area contributed by atoms with Crippen LogP contribution in [0.2, 0.25) is 0 Å². The van der Waals surface area contributed by atoms with Crippen LogP contribution in [-0.4, -0.2) is 30.1 Å². The average Bonchev–Trinajstić information content (AvgIpc) is 2.33. The fraction of sp³-hybridized carbons (Fsp3) is 0.385. The normalized spacial score (nSPS) is 10.2. The Labute approximate surface area is 106 Å². The smallest absolute Gasteiger partial charge is 0.338 e. The van der Waals surface area contributed by atoms with E-state index < -0.39 is 5.97 Å². The first kappa shape index (κ1) is 14.0. The van der Waals surface area contributed by atoms with E-state index >= 15 is 0 Å². The second kappa shape index (κ2) is 6.64. The lowest BCUT2D eigenvalue weighted by Gasteiger charge is -2.08. The van der Waals surface area contributed by atoms with Crippen LogP contribution in [0.4, 0.5) is 0 Å². The molecule has 1 aromatic rings. The van der Waals surface area contributed by atoms with Gasteiger partial charge in [-0.25, -0.2) is 4.79 Å². The molecule has 2 N–H and O–H groups in total. The fourth-order valence-electron chi connectivity index (χ4n) is 1.22. The van der Waals surface area contributed by atoms with Gasteiger partial charge in [0.05, 0.1) is 5.56 Å². The number of benzene rings is 1. The molecule has 0 heterocycles. The average molecular weight is 251 g/mol. The molecule has 0 aromatic heterocycles. The molecule has 98 valence electrons. The highest BCUT2D eigenvalue weighted by molar-refractivity contribution is 5.91. The van der Waals surface area contributed by atoms with E-state index in [1.807, 2.05) is 13.8 Å². The van der Waals surface area contributed by atoms with Gasteiger partial charge in [-0.05, 0) is 24.1 Å². The molecule has 0 unspecified atom stereocenters. The van der Waals surface area contributed by atoms with Crippen molar-refractivity contribution in [2.75, 3.05) is 13.2 Å². The van der Waals surface area contributed by atoms with E-state index in [4.69, 9.17) is 4.74 Å². The van der Waals surface area contributed by atoms with Crippen molar-refractivity contribution in [2.24, 2.45) is 5.92 Å². The van der Waals surface area contributed by atoms with Gasteiger partial charge in [0.15, 0.2) is 6.61 Å². The van der Waals surface area contributed by atoms with Crippen molar-refractivity contribution in [3.8, 4) is 5.75 Å². The lowest BCUT2D eigenvalue weighted by Crippen LogP contribution is -2.31. The lowest BCUT2D eigenvalue weighted by atomic mass is 10.2. The number of amides is 1. The number of rotatable bonds is 5. The number of ether oxygens (including phenoxy) is 1. The van der Waals surface area contributed by atoms with Crippen LogP contribution in [0.3, 0.4) is 0 Å². The van der Waals surface area contributed by atoms with Crippen molar-refractivity contribution < 1.29 is 19.4 Å². The van der Waals surface area contributed by atoms with Gasteiger partial charge in [0.25, 0.3) is 5.91 Å². The number of aromatic hydroxyl groups is 1. The number of phenolic OH excluding ortho intramolecular Hbond substituents is 1. The molecule has 18 heavy (non-hydrogen) atoms. The second-order valence-electron chi connectivity index (χ2n) is 4.32. The molecule has 0 aliphatic heterocycles. The summed E-state index contributed by atoms with van der Waals surface area (Å²) in [7, 11) is 0. The van der Waals surface area contributed by atoms with Crippen LogP contribution < -0.4 is 5.32 Å². The van der Waals surface area contributed by atoms with Crippen molar-refractivity contribution in [3.05, 3.63) is 29.8 Å². The van der Waals surface area contributed by atoms with E-state index in [0.717, 1.165) is 0 Å². The van der Waals surface area contributed by atoms with Gasteiger partial charge in [0, 0.05) is 6.54 Å². The molecular formula is C13H17NO4. The van der Waals surface area contributed by atoms with Crippen LogP contribution in [0.5, 0.6) is 5.75 Å². The molecule has 0 fully saturated rings. The zero-order valence-corrected chi connectivity index (χ0v) is 10.5. The van der Waals surface area contributed by atoms with Crippen molar-refractivity contribution in [2.45, 2.75) is 13.8 Å². The summed E-state index contributed by atoms with van der Waals surface area (Å²) in [5.41, 5.74) is 0.214. The Hall–Kier alpha value is -2.04. The van der Waals surface area contributed by atoms with Gasteiger partial charge < -0.3 is 15.2 Å². The Balaban J connectivity index is 2.39. The van der Waals surface area contributed by atoms with Gasteiger partial charge in [-0.15, -0.1) is 0 Å². The molecule has 0 aliphatic rings. The Bertz CT molecular complexity index is 429. The highest BCUT2D eigenvalue weighted by atomic mass is 16.5. The Morgan fingerprint density at radius 1 is 1.39 bits per heavy atom. The molecule has 1 rings (SSSR count). The molecule has 1 aromatic carbocycles. The summed E-state index contributed by atoms with van der Waals surface area (Å²) in [6.45, 7) is 4.17. The lowest BCUT2D eigenvalue weighted by molar-refractivity contribution is -0.124. The number of nitrogens with one attached hydrogen (secondary N) is 1. The quantitative estimate of drug-likeness (QED) is 0.774. The number of phenols is 1. The third-order valence-corrected chi connectivity index (χ3v) is 2.12. The highest BCUT2D eigenvalue weighted by Gasteiger charge is 2.10. The van der Waals surface area contributed by atoms with Crippen molar-refractivity contribution >= 4 is 11.9 Å². The fourth-order valence-corrected chi connectivity index (χ4v) is 1.22. The molecule has 0 saturated heterocycles. The molecule has 5 nitrogen and oxygen atoms in total. The van der Waals surface area contributed by atoms with Gasteiger partial charge in [0.2, 0.25) is 0 Å². The van der Waals surface area contributed by atoms with E-state index in [0.29, 0.717) is 12.5 Å². The van der Waals surface area contributed by atoms with Crippen LogP contribution in [-0.2, 0) is 9.53 Å². The Kier molecular flexibility index (Phi) is 5.17. The molecule has 0 bridgehead atoms. The minimum atomic E-state index is -0.634. The van der Waals surface area contributed by atoms with Crippen LogP contribution >= 0.6 is 0 Å². The van der Waals surface area contributed by atoms with E-state index in [1.54, 1.807) is 0 Å². The van der Waals surface area contributed by atoms with Crippen molar-refractivity contribution in [3.63, 3.8) is 0 Å². The highest BCUT2D eigenvalue weighted by Crippen LogP contribution is 2.11. The number of carbonyl (C=O) groups excluding carboxylic acids is 2. The van der Waals surface area contributed by atoms with E-state index in [1.165, 1.54) is 24.3 Å². The van der Waals surface area contributed by atoms with Crippen LogP contribution in [0, 0.1) is 5.92 Å². The summed E-state index contributed by atoms with van der Waals surface area (Å²) in [6.07, 6.45) is 0. The summed E-state index contributed by atoms with van der Waals surface area (Å²) in [4.78, 5) is 22.8. The number of hydrogen-bond donors (Lipinski definition) is 2.